The third-order valence-corrected chi connectivity index (χ3v) is 6.53. The molecule has 3 atom stereocenters. The molecule has 0 bridgehead atoms. The van der Waals surface area contributed by atoms with Crippen molar-refractivity contribution < 1.29 is 23.1 Å². The van der Waals surface area contributed by atoms with Gasteiger partial charge in [0.1, 0.15) is 29.4 Å². The van der Waals surface area contributed by atoms with Crippen molar-refractivity contribution in [1.82, 2.24) is 4.90 Å². The zero-order chi connectivity index (χ0) is 24.2. The molecule has 0 radical (unpaired) electrons. The first-order valence-corrected chi connectivity index (χ1v) is 11.6. The van der Waals surface area contributed by atoms with Gasteiger partial charge in [0, 0.05) is 4.47 Å². The molecule has 3 aromatic carbocycles. The highest BCUT2D eigenvalue weighted by Gasteiger charge is 2.44. The fraction of sp³-hybridized carbons (Fsp3) is 0.231. The second-order valence-electron chi connectivity index (χ2n) is 8.01. The van der Waals surface area contributed by atoms with Gasteiger partial charge < -0.3 is 15.0 Å². The summed E-state index contributed by atoms with van der Waals surface area (Å²) in [5, 5.41) is 2.77. The SMILES string of the molecule is COC(=O)[C@@H]1CC[C@H](c2ccccc2)N1C(=O)C(Nc1c(F)cccc1F)c1ccc(Br)cc1. The highest BCUT2D eigenvalue weighted by atomic mass is 79.9. The Kier molecular flexibility index (Phi) is 7.26. The van der Waals surface area contributed by atoms with E-state index in [1.54, 1.807) is 24.3 Å². The lowest BCUT2D eigenvalue weighted by atomic mass is 10.0. The first kappa shape index (κ1) is 23.9. The van der Waals surface area contributed by atoms with E-state index >= 15 is 0 Å². The molecule has 3 aromatic rings. The Morgan fingerprint density at radius 2 is 1.62 bits per heavy atom. The van der Waals surface area contributed by atoms with E-state index in [0.717, 1.165) is 22.2 Å². The van der Waals surface area contributed by atoms with Crippen LogP contribution in [0.3, 0.4) is 0 Å². The van der Waals surface area contributed by atoms with Crippen LogP contribution in [0, 0.1) is 11.6 Å². The number of likely N-dealkylation sites (tertiary alicyclic amines) is 1. The second kappa shape index (κ2) is 10.3. The number of methoxy groups -OCH3 is 1. The van der Waals surface area contributed by atoms with Crippen molar-refractivity contribution >= 4 is 33.5 Å². The molecule has 0 saturated carbocycles. The summed E-state index contributed by atoms with van der Waals surface area (Å²) in [6, 6.07) is 17.4. The van der Waals surface area contributed by atoms with Crippen LogP contribution < -0.4 is 5.32 Å². The zero-order valence-corrected chi connectivity index (χ0v) is 20.0. The van der Waals surface area contributed by atoms with E-state index in [-0.39, 0.29) is 6.04 Å². The van der Waals surface area contributed by atoms with E-state index in [1.165, 1.54) is 18.1 Å². The molecule has 1 unspecified atom stereocenters. The van der Waals surface area contributed by atoms with Crippen LogP contribution in [0.15, 0.2) is 77.3 Å². The van der Waals surface area contributed by atoms with Crippen molar-refractivity contribution in [3.63, 3.8) is 0 Å². The topological polar surface area (TPSA) is 58.6 Å². The first-order chi connectivity index (χ1) is 16.4. The van der Waals surface area contributed by atoms with E-state index < -0.39 is 41.3 Å². The van der Waals surface area contributed by atoms with Crippen LogP contribution in [0.2, 0.25) is 0 Å². The lowest BCUT2D eigenvalue weighted by Crippen LogP contribution is -2.46. The number of halogens is 3. The van der Waals surface area contributed by atoms with Gasteiger partial charge >= 0.3 is 5.97 Å². The second-order valence-corrected chi connectivity index (χ2v) is 8.93. The molecule has 34 heavy (non-hydrogen) atoms. The predicted octanol–water partition coefficient (Wildman–Crippen LogP) is 5.79. The van der Waals surface area contributed by atoms with E-state index in [9.17, 15) is 18.4 Å². The monoisotopic (exact) mass is 528 g/mol. The van der Waals surface area contributed by atoms with Crippen LogP contribution in [-0.2, 0) is 14.3 Å². The first-order valence-electron chi connectivity index (χ1n) is 10.8. The summed E-state index contributed by atoms with van der Waals surface area (Å²) in [4.78, 5) is 28.2. The molecule has 176 valence electrons. The van der Waals surface area contributed by atoms with Crippen LogP contribution in [0.4, 0.5) is 14.5 Å². The Morgan fingerprint density at radius 1 is 0.971 bits per heavy atom. The van der Waals surface area contributed by atoms with Crippen molar-refractivity contribution in [2.75, 3.05) is 12.4 Å². The normalized spacial score (nSPS) is 18.4. The van der Waals surface area contributed by atoms with Crippen LogP contribution >= 0.6 is 15.9 Å². The number of esters is 1. The summed E-state index contributed by atoms with van der Waals surface area (Å²) < 4.78 is 34.8. The number of rotatable bonds is 6. The molecule has 4 rings (SSSR count). The fourth-order valence-corrected chi connectivity index (χ4v) is 4.62. The van der Waals surface area contributed by atoms with Gasteiger partial charge in [-0.25, -0.2) is 13.6 Å². The lowest BCUT2D eigenvalue weighted by Gasteiger charge is -2.33. The number of anilines is 1. The maximum absolute atomic E-state index is 14.5. The number of para-hydroxylation sites is 1. The van der Waals surface area contributed by atoms with Crippen molar-refractivity contribution in [3.8, 4) is 0 Å². The van der Waals surface area contributed by atoms with Gasteiger partial charge in [0.25, 0.3) is 5.91 Å². The summed E-state index contributed by atoms with van der Waals surface area (Å²) in [7, 11) is 1.28. The number of hydrogen-bond donors (Lipinski definition) is 1. The van der Waals surface area contributed by atoms with Crippen molar-refractivity contribution in [3.05, 3.63) is 100 Å². The van der Waals surface area contributed by atoms with E-state index in [1.807, 2.05) is 30.3 Å². The minimum absolute atomic E-state index is 0.386. The molecule has 1 amide bonds. The van der Waals surface area contributed by atoms with E-state index in [4.69, 9.17) is 4.74 Å². The Labute approximate surface area is 204 Å². The number of benzene rings is 3. The van der Waals surface area contributed by atoms with Crippen molar-refractivity contribution in [2.45, 2.75) is 31.0 Å². The van der Waals surface area contributed by atoms with Gasteiger partial charge in [-0.3, -0.25) is 4.79 Å². The number of nitrogens with one attached hydrogen (secondary N) is 1. The molecule has 0 aliphatic carbocycles. The van der Waals surface area contributed by atoms with Gasteiger partial charge in [0.2, 0.25) is 0 Å². The smallest absolute Gasteiger partial charge is 0.328 e. The Balaban J connectivity index is 1.78. The number of carbonyl (C=O) groups excluding carboxylic acids is 2. The third-order valence-electron chi connectivity index (χ3n) is 6.00. The van der Waals surface area contributed by atoms with E-state index in [0.29, 0.717) is 18.4 Å². The number of ether oxygens (including phenoxy) is 1. The summed E-state index contributed by atoms with van der Waals surface area (Å²) in [6.07, 6.45) is 0.968. The minimum atomic E-state index is -1.14. The molecule has 0 spiro atoms. The van der Waals surface area contributed by atoms with Gasteiger partial charge in [0.15, 0.2) is 0 Å². The maximum Gasteiger partial charge on any atom is 0.328 e. The minimum Gasteiger partial charge on any atom is -0.467 e. The molecule has 5 nitrogen and oxygen atoms in total. The number of hydrogen-bond acceptors (Lipinski definition) is 4. The summed E-state index contributed by atoms with van der Waals surface area (Å²) >= 11 is 3.37. The lowest BCUT2D eigenvalue weighted by molar-refractivity contribution is -0.152. The highest BCUT2D eigenvalue weighted by Crippen LogP contribution is 2.39. The van der Waals surface area contributed by atoms with Crippen LogP contribution in [0.1, 0.15) is 36.1 Å². The van der Waals surface area contributed by atoms with Gasteiger partial charge in [-0.1, -0.05) is 64.5 Å². The maximum atomic E-state index is 14.5. The summed E-state index contributed by atoms with van der Waals surface area (Å²) in [5.74, 6) is -2.65. The Hall–Kier alpha value is -3.26. The Morgan fingerprint density at radius 3 is 2.24 bits per heavy atom. The van der Waals surface area contributed by atoms with Gasteiger partial charge in [-0.15, -0.1) is 0 Å². The fourth-order valence-electron chi connectivity index (χ4n) is 4.36. The van der Waals surface area contributed by atoms with Crippen LogP contribution in [0.25, 0.3) is 0 Å². The van der Waals surface area contributed by atoms with Crippen LogP contribution in [0.5, 0.6) is 0 Å². The largest absolute Gasteiger partial charge is 0.467 e. The number of amides is 1. The molecular weight excluding hydrogens is 506 g/mol. The predicted molar refractivity (Wildman–Crippen MR) is 128 cm³/mol. The van der Waals surface area contributed by atoms with Gasteiger partial charge in [-0.05, 0) is 48.2 Å². The molecule has 0 aromatic heterocycles. The van der Waals surface area contributed by atoms with Crippen molar-refractivity contribution in [2.24, 2.45) is 0 Å². The Bertz CT molecular complexity index is 1150. The van der Waals surface area contributed by atoms with Crippen LogP contribution in [-0.4, -0.2) is 29.9 Å². The molecule has 1 aliphatic heterocycles. The third kappa shape index (κ3) is 4.82. The highest BCUT2D eigenvalue weighted by molar-refractivity contribution is 9.10. The molecule has 1 fully saturated rings. The summed E-state index contributed by atoms with van der Waals surface area (Å²) in [6.45, 7) is 0. The molecule has 1 aliphatic rings. The molecule has 1 N–H and O–H groups in total. The quantitative estimate of drug-likeness (QED) is 0.411. The van der Waals surface area contributed by atoms with Gasteiger partial charge in [0.05, 0.1) is 13.2 Å². The molecular formula is C26H23BrF2N2O3. The molecule has 1 saturated heterocycles. The zero-order valence-electron chi connectivity index (χ0n) is 18.4. The van der Waals surface area contributed by atoms with Gasteiger partial charge in [-0.2, -0.15) is 0 Å². The standard InChI is InChI=1S/C26H23BrF2N2O3/c1-34-26(33)22-15-14-21(16-6-3-2-4-7-16)31(22)25(32)23(17-10-12-18(27)13-11-17)30-24-19(28)8-5-9-20(24)29/h2-13,21-23,30H,14-15H2,1H3/t21-,22+,23?/m1/s1. The summed E-state index contributed by atoms with van der Waals surface area (Å²) in [5.41, 5.74) is 0.959. The molecule has 8 heteroatoms. The molecule has 1 heterocycles. The van der Waals surface area contributed by atoms with E-state index in [2.05, 4.69) is 21.2 Å². The number of nitrogens with zero attached hydrogens (tertiary/aromatic N) is 1. The average Bonchev–Trinajstić information content (AvgIpc) is 3.30. The van der Waals surface area contributed by atoms with Crippen molar-refractivity contribution in [1.29, 1.82) is 0 Å². The number of carbonyl (C=O) groups is 2. The average molecular weight is 529 g/mol.